The first-order chi connectivity index (χ1) is 13.1. The molecule has 3 unspecified atom stereocenters. The average Bonchev–Trinajstić information content (AvgIpc) is 3.12. The predicted octanol–water partition coefficient (Wildman–Crippen LogP) is 3.02. The molecule has 2 amide bonds. The molecule has 0 spiro atoms. The summed E-state index contributed by atoms with van der Waals surface area (Å²) in [6.45, 7) is 0.204. The molecule has 0 aromatic heterocycles. The molecular formula is C18H17F5N2O3. The van der Waals surface area contributed by atoms with Crippen LogP contribution in [0.2, 0.25) is 0 Å². The number of carbonyl (C=O) groups excluding carboxylic acids is 2. The summed E-state index contributed by atoms with van der Waals surface area (Å²) in [4.78, 5) is 25.9. The topological polar surface area (TPSA) is 58.6 Å². The van der Waals surface area contributed by atoms with Crippen molar-refractivity contribution < 1.29 is 36.3 Å². The van der Waals surface area contributed by atoms with Crippen LogP contribution in [-0.2, 0) is 15.7 Å². The molecule has 28 heavy (non-hydrogen) atoms. The molecule has 3 aliphatic rings. The van der Waals surface area contributed by atoms with Crippen LogP contribution in [-0.4, -0.2) is 48.9 Å². The SMILES string of the molecule is O=C(Nc1cc(C(=O)N2CC3C(C2)C3(F)F)cc(C(F)(F)F)c1)C1CCOC1. The molecule has 3 atom stereocenters. The maximum absolute atomic E-state index is 13.3. The van der Waals surface area contributed by atoms with Crippen LogP contribution in [0.1, 0.15) is 22.3 Å². The zero-order valence-electron chi connectivity index (χ0n) is 14.6. The van der Waals surface area contributed by atoms with Crippen LogP contribution < -0.4 is 5.32 Å². The van der Waals surface area contributed by atoms with Crippen LogP contribution in [0.3, 0.4) is 0 Å². The van der Waals surface area contributed by atoms with E-state index >= 15 is 0 Å². The van der Waals surface area contributed by atoms with Gasteiger partial charge in [0.2, 0.25) is 5.91 Å². The summed E-state index contributed by atoms with van der Waals surface area (Å²) in [7, 11) is 0. The number of nitrogens with one attached hydrogen (secondary N) is 1. The van der Waals surface area contributed by atoms with Gasteiger partial charge in [0.15, 0.2) is 0 Å². The van der Waals surface area contributed by atoms with Crippen LogP contribution in [0.25, 0.3) is 0 Å². The molecule has 4 rings (SSSR count). The number of rotatable bonds is 3. The normalized spacial score (nSPS) is 28.2. The Kier molecular flexibility index (Phi) is 4.36. The fraction of sp³-hybridized carbons (Fsp3) is 0.556. The summed E-state index contributed by atoms with van der Waals surface area (Å²) in [5.74, 6) is -6.37. The van der Waals surface area contributed by atoms with Gasteiger partial charge in [-0.25, -0.2) is 8.78 Å². The number of ether oxygens (including phenoxy) is 1. The molecule has 1 saturated carbocycles. The Balaban J connectivity index is 1.56. The number of hydrogen-bond donors (Lipinski definition) is 1. The van der Waals surface area contributed by atoms with Crippen LogP contribution in [0, 0.1) is 17.8 Å². The van der Waals surface area contributed by atoms with Gasteiger partial charge >= 0.3 is 6.18 Å². The molecule has 1 aromatic carbocycles. The van der Waals surface area contributed by atoms with Gasteiger partial charge in [-0.2, -0.15) is 13.2 Å². The van der Waals surface area contributed by atoms with Gasteiger partial charge in [0.1, 0.15) is 0 Å². The Morgan fingerprint density at radius 1 is 1.14 bits per heavy atom. The van der Waals surface area contributed by atoms with E-state index < -0.39 is 47.2 Å². The molecule has 1 aromatic rings. The Labute approximate surface area is 156 Å². The van der Waals surface area contributed by atoms with Crippen molar-refractivity contribution >= 4 is 17.5 Å². The summed E-state index contributed by atoms with van der Waals surface area (Å²) in [6, 6.07) is 2.58. The van der Waals surface area contributed by atoms with E-state index in [4.69, 9.17) is 4.74 Å². The van der Waals surface area contributed by atoms with Crippen molar-refractivity contribution in [2.24, 2.45) is 17.8 Å². The summed E-state index contributed by atoms with van der Waals surface area (Å²) in [6.07, 6.45) is -4.27. The number of nitrogens with zero attached hydrogens (tertiary/aromatic N) is 1. The highest BCUT2D eigenvalue weighted by Crippen LogP contribution is 2.59. The minimum absolute atomic E-state index is 0.162. The second-order valence-corrected chi connectivity index (χ2v) is 7.44. The van der Waals surface area contributed by atoms with E-state index in [-0.39, 0.29) is 30.9 Å². The zero-order chi connectivity index (χ0) is 20.3. The third-order valence-corrected chi connectivity index (χ3v) is 5.56. The number of piperidine rings is 1. The smallest absolute Gasteiger partial charge is 0.381 e. The van der Waals surface area contributed by atoms with Gasteiger partial charge in [0, 0.05) is 30.9 Å². The lowest BCUT2D eigenvalue weighted by atomic mass is 10.1. The summed E-state index contributed by atoms with van der Waals surface area (Å²) in [5.41, 5.74) is -1.55. The first-order valence-electron chi connectivity index (χ1n) is 8.85. The van der Waals surface area contributed by atoms with Crippen molar-refractivity contribution in [2.45, 2.75) is 18.5 Å². The van der Waals surface area contributed by atoms with Crippen molar-refractivity contribution in [1.82, 2.24) is 4.90 Å². The minimum atomic E-state index is -4.73. The monoisotopic (exact) mass is 404 g/mol. The number of amides is 2. The summed E-state index contributed by atoms with van der Waals surface area (Å²) >= 11 is 0. The van der Waals surface area contributed by atoms with E-state index in [1.165, 1.54) is 0 Å². The number of anilines is 1. The van der Waals surface area contributed by atoms with E-state index in [1.807, 2.05) is 0 Å². The van der Waals surface area contributed by atoms with E-state index in [2.05, 4.69) is 5.32 Å². The second kappa shape index (κ2) is 6.40. The highest BCUT2D eigenvalue weighted by molar-refractivity contribution is 5.98. The first-order valence-corrected chi connectivity index (χ1v) is 8.85. The van der Waals surface area contributed by atoms with Crippen molar-refractivity contribution in [3.8, 4) is 0 Å². The van der Waals surface area contributed by atoms with Crippen molar-refractivity contribution in [2.75, 3.05) is 31.6 Å². The molecule has 5 nitrogen and oxygen atoms in total. The van der Waals surface area contributed by atoms with Crippen LogP contribution >= 0.6 is 0 Å². The molecule has 1 aliphatic carbocycles. The van der Waals surface area contributed by atoms with Gasteiger partial charge in [0.05, 0.1) is 29.9 Å². The Morgan fingerprint density at radius 3 is 2.39 bits per heavy atom. The highest BCUT2D eigenvalue weighted by Gasteiger charge is 2.72. The fourth-order valence-electron chi connectivity index (χ4n) is 3.83. The van der Waals surface area contributed by atoms with Gasteiger partial charge in [-0.3, -0.25) is 9.59 Å². The lowest BCUT2D eigenvalue weighted by molar-refractivity contribution is -0.137. The Morgan fingerprint density at radius 2 is 1.82 bits per heavy atom. The maximum Gasteiger partial charge on any atom is 0.416 e. The molecule has 10 heteroatoms. The number of carbonyl (C=O) groups is 2. The van der Waals surface area contributed by atoms with E-state index in [1.54, 1.807) is 0 Å². The molecule has 152 valence electrons. The predicted molar refractivity (Wildman–Crippen MR) is 86.8 cm³/mol. The lowest BCUT2D eigenvalue weighted by Gasteiger charge is -2.21. The van der Waals surface area contributed by atoms with Gasteiger partial charge < -0.3 is 15.0 Å². The number of fused-ring (bicyclic) bond motifs is 1. The Bertz CT molecular complexity index is 806. The third kappa shape index (κ3) is 3.34. The lowest BCUT2D eigenvalue weighted by Crippen LogP contribution is -2.34. The molecule has 2 aliphatic heterocycles. The summed E-state index contributed by atoms with van der Waals surface area (Å²) in [5, 5.41) is 2.40. The highest BCUT2D eigenvalue weighted by atomic mass is 19.4. The fourth-order valence-corrected chi connectivity index (χ4v) is 3.83. The number of hydrogen-bond acceptors (Lipinski definition) is 3. The molecular weight excluding hydrogens is 387 g/mol. The zero-order valence-corrected chi connectivity index (χ0v) is 14.6. The van der Waals surface area contributed by atoms with Gasteiger partial charge in [0.25, 0.3) is 11.8 Å². The van der Waals surface area contributed by atoms with Gasteiger partial charge in [-0.15, -0.1) is 0 Å². The molecule has 2 saturated heterocycles. The van der Waals surface area contributed by atoms with Gasteiger partial charge in [-0.1, -0.05) is 0 Å². The van der Waals surface area contributed by atoms with Crippen LogP contribution in [0.4, 0.5) is 27.6 Å². The van der Waals surface area contributed by atoms with E-state index in [0.717, 1.165) is 17.0 Å². The quantitative estimate of drug-likeness (QED) is 0.788. The van der Waals surface area contributed by atoms with E-state index in [9.17, 15) is 31.5 Å². The van der Waals surface area contributed by atoms with E-state index in [0.29, 0.717) is 19.1 Å². The number of halogens is 5. The van der Waals surface area contributed by atoms with Crippen molar-refractivity contribution in [1.29, 1.82) is 0 Å². The summed E-state index contributed by atoms with van der Waals surface area (Å²) < 4.78 is 71.4. The van der Waals surface area contributed by atoms with Crippen molar-refractivity contribution in [3.05, 3.63) is 29.3 Å². The van der Waals surface area contributed by atoms with Crippen LogP contribution in [0.5, 0.6) is 0 Å². The van der Waals surface area contributed by atoms with Crippen LogP contribution in [0.15, 0.2) is 18.2 Å². The number of alkyl halides is 5. The maximum atomic E-state index is 13.3. The number of benzene rings is 1. The third-order valence-electron chi connectivity index (χ3n) is 5.56. The first kappa shape index (κ1) is 19.1. The molecule has 0 radical (unpaired) electrons. The molecule has 3 fully saturated rings. The van der Waals surface area contributed by atoms with Gasteiger partial charge in [-0.05, 0) is 24.6 Å². The average molecular weight is 404 g/mol. The largest absolute Gasteiger partial charge is 0.416 e. The second-order valence-electron chi connectivity index (χ2n) is 7.44. The Hall–Kier alpha value is -2.23. The minimum Gasteiger partial charge on any atom is -0.381 e. The van der Waals surface area contributed by atoms with Crippen molar-refractivity contribution in [3.63, 3.8) is 0 Å². The standard InChI is InChI=1S/C18H17F5N2O3/c19-17(20)13-6-25(7-14(13)17)16(27)10-3-11(18(21,22)23)5-12(4-10)24-15(26)9-1-2-28-8-9/h3-5,9,13-14H,1-2,6-8H2,(H,24,26). The molecule has 2 heterocycles. The number of likely N-dealkylation sites (tertiary alicyclic amines) is 1. The molecule has 0 bridgehead atoms. The molecule has 1 N–H and O–H groups in total.